The normalized spacial score (nSPS) is 16.3. The van der Waals surface area contributed by atoms with Gasteiger partial charge < -0.3 is 10.0 Å². The fourth-order valence-electron chi connectivity index (χ4n) is 3.59. The summed E-state index contributed by atoms with van der Waals surface area (Å²) in [5.74, 6) is 2.52. The van der Waals surface area contributed by atoms with E-state index in [2.05, 4.69) is 26.9 Å². The van der Waals surface area contributed by atoms with Crippen molar-refractivity contribution in [2.75, 3.05) is 19.6 Å². The summed E-state index contributed by atoms with van der Waals surface area (Å²) in [6.45, 7) is 7.53. The molecule has 7 heteroatoms. The van der Waals surface area contributed by atoms with Crippen molar-refractivity contribution in [1.82, 2.24) is 24.5 Å². The molecule has 0 spiro atoms. The summed E-state index contributed by atoms with van der Waals surface area (Å²) in [5.41, 5.74) is 2.05. The van der Waals surface area contributed by atoms with E-state index in [9.17, 15) is 5.11 Å². The molecule has 1 saturated heterocycles. The largest absolute Gasteiger partial charge is 0.507 e. The van der Waals surface area contributed by atoms with Gasteiger partial charge in [-0.05, 0) is 57.0 Å². The van der Waals surface area contributed by atoms with E-state index < -0.39 is 0 Å². The Morgan fingerprint density at radius 1 is 1.19 bits per heavy atom. The number of aromatic nitrogens is 4. The second kappa shape index (κ2) is 7.44. The Kier molecular flexibility index (Phi) is 5.02. The SMILES string of the molecule is Cc1nc(-c2ccc(Cl)cc2O)cc2nc(CCN3CCC(C)CC3)nn12. The molecule has 0 aliphatic carbocycles. The van der Waals surface area contributed by atoms with E-state index in [1.165, 1.54) is 18.9 Å². The molecule has 3 aromatic rings. The van der Waals surface area contributed by atoms with Gasteiger partial charge in [0.25, 0.3) is 0 Å². The van der Waals surface area contributed by atoms with Gasteiger partial charge in [0.2, 0.25) is 0 Å². The van der Waals surface area contributed by atoms with Gasteiger partial charge in [0, 0.05) is 29.6 Å². The highest BCUT2D eigenvalue weighted by Crippen LogP contribution is 2.31. The lowest BCUT2D eigenvalue weighted by molar-refractivity contribution is 0.193. The molecule has 142 valence electrons. The number of likely N-dealkylation sites (tertiary alicyclic amines) is 1. The van der Waals surface area contributed by atoms with E-state index in [0.29, 0.717) is 16.3 Å². The Morgan fingerprint density at radius 3 is 2.70 bits per heavy atom. The first-order valence-corrected chi connectivity index (χ1v) is 9.82. The number of benzene rings is 1. The van der Waals surface area contributed by atoms with Crippen molar-refractivity contribution in [1.29, 1.82) is 0 Å². The van der Waals surface area contributed by atoms with E-state index in [0.717, 1.165) is 49.3 Å². The molecule has 0 atom stereocenters. The fourth-order valence-corrected chi connectivity index (χ4v) is 3.75. The van der Waals surface area contributed by atoms with Crippen LogP contribution in [0.25, 0.3) is 16.9 Å². The zero-order valence-corrected chi connectivity index (χ0v) is 16.4. The van der Waals surface area contributed by atoms with E-state index >= 15 is 0 Å². The van der Waals surface area contributed by atoms with Crippen LogP contribution in [0.2, 0.25) is 5.02 Å². The Hall–Kier alpha value is -2.18. The zero-order chi connectivity index (χ0) is 19.0. The molecule has 27 heavy (non-hydrogen) atoms. The van der Waals surface area contributed by atoms with Crippen LogP contribution in [0.5, 0.6) is 5.75 Å². The first-order valence-electron chi connectivity index (χ1n) is 9.44. The number of phenolic OH excluding ortho intramolecular Hbond substituents is 1. The molecule has 0 saturated carbocycles. The number of nitrogens with zero attached hydrogens (tertiary/aromatic N) is 5. The molecule has 1 aromatic carbocycles. The minimum absolute atomic E-state index is 0.109. The van der Waals surface area contributed by atoms with Crippen molar-refractivity contribution in [2.45, 2.75) is 33.1 Å². The van der Waals surface area contributed by atoms with E-state index in [4.69, 9.17) is 11.6 Å². The predicted molar refractivity (Wildman–Crippen MR) is 106 cm³/mol. The Labute approximate surface area is 163 Å². The van der Waals surface area contributed by atoms with Gasteiger partial charge in [-0.15, -0.1) is 5.10 Å². The molecule has 0 unspecified atom stereocenters. The van der Waals surface area contributed by atoms with Crippen LogP contribution in [0.3, 0.4) is 0 Å². The maximum atomic E-state index is 10.2. The number of hydrogen-bond acceptors (Lipinski definition) is 5. The van der Waals surface area contributed by atoms with Gasteiger partial charge in [0.1, 0.15) is 11.6 Å². The number of phenols is 1. The lowest BCUT2D eigenvalue weighted by Crippen LogP contribution is -2.34. The van der Waals surface area contributed by atoms with Crippen molar-refractivity contribution < 1.29 is 5.11 Å². The first-order chi connectivity index (χ1) is 13.0. The predicted octanol–water partition coefficient (Wildman–Crippen LogP) is 3.73. The molecule has 4 rings (SSSR count). The Bertz CT molecular complexity index is 962. The second-order valence-electron chi connectivity index (χ2n) is 7.42. The third-order valence-electron chi connectivity index (χ3n) is 5.29. The monoisotopic (exact) mass is 385 g/mol. The zero-order valence-electron chi connectivity index (χ0n) is 15.7. The second-order valence-corrected chi connectivity index (χ2v) is 7.86. The van der Waals surface area contributed by atoms with E-state index in [1.54, 1.807) is 16.6 Å². The van der Waals surface area contributed by atoms with Crippen molar-refractivity contribution in [3.8, 4) is 17.0 Å². The van der Waals surface area contributed by atoms with Crippen molar-refractivity contribution in [2.24, 2.45) is 5.92 Å². The number of rotatable bonds is 4. The van der Waals surface area contributed by atoms with Gasteiger partial charge in [-0.2, -0.15) is 4.52 Å². The highest BCUT2D eigenvalue weighted by Gasteiger charge is 2.17. The molecule has 0 amide bonds. The van der Waals surface area contributed by atoms with Gasteiger partial charge >= 0.3 is 0 Å². The van der Waals surface area contributed by atoms with Gasteiger partial charge in [0.05, 0.1) is 5.69 Å². The lowest BCUT2D eigenvalue weighted by Gasteiger charge is -2.29. The molecule has 6 nitrogen and oxygen atoms in total. The summed E-state index contributed by atoms with van der Waals surface area (Å²) < 4.78 is 1.77. The molecule has 0 radical (unpaired) electrons. The number of fused-ring (bicyclic) bond motifs is 1. The van der Waals surface area contributed by atoms with Crippen LogP contribution in [0, 0.1) is 12.8 Å². The maximum absolute atomic E-state index is 10.2. The van der Waals surface area contributed by atoms with Gasteiger partial charge in [0.15, 0.2) is 11.5 Å². The quantitative estimate of drug-likeness (QED) is 0.741. The first kappa shape index (κ1) is 18.2. The standard InChI is InChI=1S/C20H24ClN5O/c1-13-5-8-25(9-6-13)10-7-19-23-20-12-17(22-14(2)26(20)24-19)16-4-3-15(21)11-18(16)27/h3-4,11-13,27H,5-10H2,1-2H3. The summed E-state index contributed by atoms with van der Waals surface area (Å²) in [6.07, 6.45) is 3.38. The van der Waals surface area contributed by atoms with E-state index in [1.807, 2.05) is 13.0 Å². The molecule has 1 N–H and O–H groups in total. The van der Waals surface area contributed by atoms with Gasteiger partial charge in [-0.3, -0.25) is 0 Å². The maximum Gasteiger partial charge on any atom is 0.159 e. The topological polar surface area (TPSA) is 66.6 Å². The number of aromatic hydroxyl groups is 1. The van der Waals surface area contributed by atoms with Crippen molar-refractivity contribution in [3.05, 3.63) is 40.9 Å². The lowest BCUT2D eigenvalue weighted by atomic mass is 9.99. The summed E-state index contributed by atoms with van der Waals surface area (Å²) in [6, 6.07) is 6.89. The molecule has 0 bridgehead atoms. The molecule has 1 aliphatic rings. The highest BCUT2D eigenvalue weighted by atomic mass is 35.5. The average molecular weight is 386 g/mol. The molecular formula is C20H24ClN5O. The minimum atomic E-state index is 0.109. The highest BCUT2D eigenvalue weighted by molar-refractivity contribution is 6.30. The van der Waals surface area contributed by atoms with Crippen molar-refractivity contribution in [3.63, 3.8) is 0 Å². The summed E-state index contributed by atoms with van der Waals surface area (Å²) >= 11 is 5.93. The van der Waals surface area contributed by atoms with Crippen LogP contribution in [0.1, 0.15) is 31.4 Å². The van der Waals surface area contributed by atoms with Crippen LogP contribution in [0.15, 0.2) is 24.3 Å². The summed E-state index contributed by atoms with van der Waals surface area (Å²) in [5, 5.41) is 15.3. The van der Waals surface area contributed by atoms with E-state index in [-0.39, 0.29) is 5.75 Å². The third kappa shape index (κ3) is 3.92. The summed E-state index contributed by atoms with van der Waals surface area (Å²) in [7, 11) is 0. The fraction of sp³-hybridized carbons (Fsp3) is 0.450. The molecule has 3 heterocycles. The number of hydrogen-bond donors (Lipinski definition) is 1. The smallest absolute Gasteiger partial charge is 0.159 e. The third-order valence-corrected chi connectivity index (χ3v) is 5.53. The minimum Gasteiger partial charge on any atom is -0.507 e. The molecule has 1 fully saturated rings. The number of aryl methyl sites for hydroxylation is 1. The van der Waals surface area contributed by atoms with Crippen LogP contribution < -0.4 is 0 Å². The number of halogens is 1. The summed E-state index contributed by atoms with van der Waals surface area (Å²) in [4.78, 5) is 11.8. The van der Waals surface area contributed by atoms with Crippen LogP contribution >= 0.6 is 11.6 Å². The van der Waals surface area contributed by atoms with Gasteiger partial charge in [-0.25, -0.2) is 9.97 Å². The molecular weight excluding hydrogens is 362 g/mol. The Balaban J connectivity index is 1.56. The van der Waals surface area contributed by atoms with Crippen LogP contribution in [-0.4, -0.2) is 49.2 Å². The molecule has 1 aliphatic heterocycles. The number of piperidine rings is 1. The van der Waals surface area contributed by atoms with Crippen LogP contribution in [-0.2, 0) is 6.42 Å². The average Bonchev–Trinajstić information content (AvgIpc) is 3.05. The molecule has 2 aromatic heterocycles. The van der Waals surface area contributed by atoms with Gasteiger partial charge in [-0.1, -0.05) is 18.5 Å². The van der Waals surface area contributed by atoms with Crippen LogP contribution in [0.4, 0.5) is 0 Å². The Morgan fingerprint density at radius 2 is 1.96 bits per heavy atom. The van der Waals surface area contributed by atoms with Crippen molar-refractivity contribution >= 4 is 17.2 Å².